The van der Waals surface area contributed by atoms with Gasteiger partial charge in [0.2, 0.25) is 11.8 Å². The second kappa shape index (κ2) is 8.49. The quantitative estimate of drug-likeness (QED) is 0.653. The Labute approximate surface area is 184 Å². The first-order valence-corrected chi connectivity index (χ1v) is 10.8. The van der Waals surface area contributed by atoms with E-state index in [-0.39, 0.29) is 23.4 Å². The molecule has 168 valence electrons. The Balaban J connectivity index is 1.76. The maximum absolute atomic E-state index is 13.2. The molecule has 2 N–H and O–H groups in total. The van der Waals surface area contributed by atoms with Crippen LogP contribution >= 0.6 is 0 Å². The molecule has 32 heavy (non-hydrogen) atoms. The Hall–Kier alpha value is -3.61. The van der Waals surface area contributed by atoms with E-state index in [0.717, 1.165) is 23.8 Å². The number of nitrogens with zero attached hydrogens (tertiary/aromatic N) is 5. The van der Waals surface area contributed by atoms with Gasteiger partial charge in [0.1, 0.15) is 11.7 Å². The largest absolute Gasteiger partial charge is 0.492 e. The van der Waals surface area contributed by atoms with Crippen LogP contribution < -0.4 is 10.9 Å². The Morgan fingerprint density at radius 1 is 1.38 bits per heavy atom. The Bertz CT molecular complexity index is 1200. The normalized spacial score (nSPS) is 18.6. The summed E-state index contributed by atoms with van der Waals surface area (Å²) in [7, 11) is 0. The predicted molar refractivity (Wildman–Crippen MR) is 116 cm³/mol. The molecule has 0 bridgehead atoms. The maximum Gasteiger partial charge on any atom is 0.270 e. The van der Waals surface area contributed by atoms with Gasteiger partial charge in [-0.2, -0.15) is 14.9 Å². The first-order chi connectivity index (χ1) is 15.3. The lowest BCUT2D eigenvalue weighted by molar-refractivity contribution is -0.125. The van der Waals surface area contributed by atoms with E-state index >= 15 is 0 Å². The summed E-state index contributed by atoms with van der Waals surface area (Å²) in [4.78, 5) is 40.0. The molecule has 4 rings (SSSR count). The summed E-state index contributed by atoms with van der Waals surface area (Å²) in [5, 5.41) is 26.8. The van der Waals surface area contributed by atoms with Gasteiger partial charge in [-0.1, -0.05) is 13.8 Å². The molecule has 0 radical (unpaired) electrons. The van der Waals surface area contributed by atoms with E-state index in [9.17, 15) is 24.8 Å². The third kappa shape index (κ3) is 3.98. The van der Waals surface area contributed by atoms with E-state index in [1.165, 1.54) is 27.8 Å². The highest BCUT2D eigenvalue weighted by atomic mass is 16.3. The van der Waals surface area contributed by atoms with Crippen molar-refractivity contribution < 1.29 is 14.7 Å². The van der Waals surface area contributed by atoms with Crippen LogP contribution in [0.3, 0.4) is 0 Å². The molecule has 3 heterocycles. The second-order valence-electron chi connectivity index (χ2n) is 8.74. The number of carbonyl (C=O) groups is 2. The van der Waals surface area contributed by atoms with Crippen LogP contribution in [0.2, 0.25) is 0 Å². The SMILES string of the molecule is CC(C)Cn1c(=O)c(C(=O)NC2CC2)c(O)n2ncc(/C=C/C(=O)N3CCC[C@H]3C#N)c12. The molecule has 1 atom stereocenters. The Kier molecular flexibility index (Phi) is 5.74. The molecule has 1 aliphatic heterocycles. The molecule has 10 nitrogen and oxygen atoms in total. The Morgan fingerprint density at radius 2 is 2.12 bits per heavy atom. The van der Waals surface area contributed by atoms with Crippen LogP contribution in [0.15, 0.2) is 17.1 Å². The fraction of sp³-hybridized carbons (Fsp3) is 0.500. The molecule has 2 aliphatic rings. The van der Waals surface area contributed by atoms with Crippen LogP contribution in [0, 0.1) is 17.2 Å². The number of carbonyl (C=O) groups excluding carboxylic acids is 2. The maximum atomic E-state index is 13.2. The first kappa shape index (κ1) is 21.6. The molecular weight excluding hydrogens is 412 g/mol. The molecule has 1 saturated carbocycles. The molecule has 0 unspecified atom stereocenters. The number of aromatic hydroxyl groups is 1. The lowest BCUT2D eigenvalue weighted by Crippen LogP contribution is -2.36. The minimum atomic E-state index is -0.617. The molecule has 2 aromatic rings. The van der Waals surface area contributed by atoms with Crippen LogP contribution in [-0.4, -0.2) is 54.6 Å². The molecular formula is C22H26N6O4. The molecule has 1 saturated heterocycles. The van der Waals surface area contributed by atoms with Gasteiger partial charge in [-0.25, -0.2) is 0 Å². The summed E-state index contributed by atoms with van der Waals surface area (Å²) in [6.07, 6.45) is 7.44. The summed E-state index contributed by atoms with van der Waals surface area (Å²) in [5.74, 6) is -1.36. The van der Waals surface area contributed by atoms with E-state index < -0.39 is 23.4 Å². The van der Waals surface area contributed by atoms with Crippen molar-refractivity contribution in [2.24, 2.45) is 5.92 Å². The van der Waals surface area contributed by atoms with Gasteiger partial charge in [0.15, 0.2) is 5.56 Å². The number of likely N-dealkylation sites (tertiary alicyclic amines) is 1. The highest BCUT2D eigenvalue weighted by Gasteiger charge is 2.30. The molecule has 0 aromatic carbocycles. The van der Waals surface area contributed by atoms with E-state index in [4.69, 9.17) is 0 Å². The van der Waals surface area contributed by atoms with Gasteiger partial charge in [0.05, 0.1) is 12.3 Å². The van der Waals surface area contributed by atoms with Crippen molar-refractivity contribution in [3.8, 4) is 11.9 Å². The molecule has 1 aliphatic carbocycles. The summed E-state index contributed by atoms with van der Waals surface area (Å²) in [6, 6.07) is 1.73. The van der Waals surface area contributed by atoms with Crippen LogP contribution in [0.4, 0.5) is 0 Å². The number of fused-ring (bicyclic) bond motifs is 1. The van der Waals surface area contributed by atoms with Crippen molar-refractivity contribution in [3.63, 3.8) is 0 Å². The minimum Gasteiger partial charge on any atom is -0.492 e. The van der Waals surface area contributed by atoms with Crippen molar-refractivity contribution in [1.82, 2.24) is 24.4 Å². The van der Waals surface area contributed by atoms with E-state index in [0.29, 0.717) is 30.7 Å². The summed E-state index contributed by atoms with van der Waals surface area (Å²) >= 11 is 0. The minimum absolute atomic E-state index is 0.0282. The second-order valence-corrected chi connectivity index (χ2v) is 8.74. The first-order valence-electron chi connectivity index (χ1n) is 10.8. The molecule has 2 amide bonds. The van der Waals surface area contributed by atoms with Gasteiger partial charge < -0.3 is 15.3 Å². The van der Waals surface area contributed by atoms with Crippen molar-refractivity contribution in [3.05, 3.63) is 33.8 Å². The van der Waals surface area contributed by atoms with E-state index in [1.54, 1.807) is 0 Å². The fourth-order valence-electron chi connectivity index (χ4n) is 3.97. The van der Waals surface area contributed by atoms with Crippen molar-refractivity contribution >= 4 is 23.5 Å². The average molecular weight is 438 g/mol. The highest BCUT2D eigenvalue weighted by Crippen LogP contribution is 2.24. The van der Waals surface area contributed by atoms with Crippen molar-refractivity contribution in [2.45, 2.75) is 58.2 Å². The van der Waals surface area contributed by atoms with Crippen LogP contribution in [0.5, 0.6) is 5.88 Å². The lowest BCUT2D eigenvalue weighted by Gasteiger charge is -2.17. The number of nitrogens with one attached hydrogen (secondary N) is 1. The van der Waals surface area contributed by atoms with Gasteiger partial charge in [-0.15, -0.1) is 0 Å². The third-order valence-electron chi connectivity index (χ3n) is 5.69. The summed E-state index contributed by atoms with van der Waals surface area (Å²) in [6.45, 7) is 4.69. The fourth-order valence-corrected chi connectivity index (χ4v) is 3.97. The van der Waals surface area contributed by atoms with E-state index in [2.05, 4.69) is 16.5 Å². The number of nitriles is 1. The number of aromatic nitrogens is 3. The van der Waals surface area contributed by atoms with Gasteiger partial charge in [0, 0.05) is 30.8 Å². The molecule has 2 aromatic heterocycles. The zero-order valence-electron chi connectivity index (χ0n) is 18.1. The molecule has 2 fully saturated rings. The number of amides is 2. The zero-order valence-corrected chi connectivity index (χ0v) is 18.1. The van der Waals surface area contributed by atoms with Crippen LogP contribution in [0.25, 0.3) is 11.7 Å². The van der Waals surface area contributed by atoms with Crippen LogP contribution in [0.1, 0.15) is 55.5 Å². The molecule has 10 heteroatoms. The summed E-state index contributed by atoms with van der Waals surface area (Å²) < 4.78 is 2.57. The van der Waals surface area contributed by atoms with Gasteiger partial charge >= 0.3 is 0 Å². The number of hydrogen-bond acceptors (Lipinski definition) is 6. The highest BCUT2D eigenvalue weighted by molar-refractivity contribution is 5.97. The van der Waals surface area contributed by atoms with Gasteiger partial charge in [0.25, 0.3) is 11.5 Å². The average Bonchev–Trinajstić information content (AvgIpc) is 3.26. The van der Waals surface area contributed by atoms with Gasteiger partial charge in [-0.3, -0.25) is 19.0 Å². The monoisotopic (exact) mass is 438 g/mol. The topological polar surface area (TPSA) is 133 Å². The standard InChI is InChI=1S/C22H26N6O4/c1-13(2)12-27-20-14(5-8-17(29)26-9-3-4-16(26)10-23)11-24-28(20)22(32)18(21(27)31)19(30)25-15-6-7-15/h5,8,11,13,15-16,32H,3-4,6-7,9,12H2,1-2H3,(H,25,30)/b8-5+/t16-/m0/s1. The number of hydrogen-bond donors (Lipinski definition) is 2. The smallest absolute Gasteiger partial charge is 0.270 e. The summed E-state index contributed by atoms with van der Waals surface area (Å²) in [5.41, 5.74) is -0.194. The Morgan fingerprint density at radius 3 is 2.78 bits per heavy atom. The predicted octanol–water partition coefficient (Wildman–Crippen LogP) is 1.28. The van der Waals surface area contributed by atoms with Crippen molar-refractivity contribution in [2.75, 3.05) is 6.54 Å². The third-order valence-corrected chi connectivity index (χ3v) is 5.69. The lowest BCUT2D eigenvalue weighted by atomic mass is 10.2. The zero-order chi connectivity index (χ0) is 23.0. The van der Waals surface area contributed by atoms with Crippen LogP contribution in [-0.2, 0) is 11.3 Å². The number of rotatable bonds is 6. The molecule has 0 spiro atoms. The van der Waals surface area contributed by atoms with E-state index in [1.807, 2.05) is 13.8 Å². The van der Waals surface area contributed by atoms with Crippen molar-refractivity contribution in [1.29, 1.82) is 5.26 Å². The van der Waals surface area contributed by atoms with Gasteiger partial charge in [-0.05, 0) is 37.7 Å².